The molecule has 0 aliphatic rings. The van der Waals surface area contributed by atoms with Gasteiger partial charge in [-0.25, -0.2) is 14.4 Å². The molecule has 0 radical (unpaired) electrons. The van der Waals surface area contributed by atoms with Gasteiger partial charge in [-0.3, -0.25) is 4.57 Å². The number of hydrogen-bond donors (Lipinski definition) is 1. The van der Waals surface area contributed by atoms with Gasteiger partial charge in [-0.05, 0) is 36.8 Å². The van der Waals surface area contributed by atoms with Gasteiger partial charge in [0.15, 0.2) is 5.65 Å². The number of nitrogens with two attached hydrogens (primary N) is 1. The number of fused-ring (bicyclic) bond motifs is 1. The standard InChI is InChI=1S/C13H10ClFN4/c1-7-4-5-17-12-11(7)18-13(16)19(12)8-2-3-9(14)10(15)6-8/h2-6H,1H3,(H2,16,18). The van der Waals surface area contributed by atoms with Crippen LogP contribution < -0.4 is 5.73 Å². The molecule has 0 fully saturated rings. The Labute approximate surface area is 113 Å². The Hall–Kier alpha value is -2.14. The fourth-order valence-electron chi connectivity index (χ4n) is 1.99. The predicted octanol–water partition coefficient (Wildman–Crippen LogP) is 3.10. The SMILES string of the molecule is Cc1ccnc2c1nc(N)n2-c1ccc(Cl)c(F)c1. The first-order chi connectivity index (χ1) is 9.08. The summed E-state index contributed by atoms with van der Waals surface area (Å²) in [6, 6.07) is 6.31. The summed E-state index contributed by atoms with van der Waals surface area (Å²) in [5.74, 6) is -0.244. The van der Waals surface area contributed by atoms with Crippen molar-refractivity contribution in [2.24, 2.45) is 0 Å². The minimum absolute atomic E-state index is 0.0656. The van der Waals surface area contributed by atoms with E-state index in [2.05, 4.69) is 9.97 Å². The number of imidazole rings is 1. The summed E-state index contributed by atoms with van der Waals surface area (Å²) in [4.78, 5) is 8.52. The molecule has 96 valence electrons. The lowest BCUT2D eigenvalue weighted by Crippen LogP contribution is -2.01. The van der Waals surface area contributed by atoms with Gasteiger partial charge in [-0.1, -0.05) is 11.6 Å². The van der Waals surface area contributed by atoms with Gasteiger partial charge in [0.2, 0.25) is 5.95 Å². The topological polar surface area (TPSA) is 56.7 Å². The Kier molecular flexibility index (Phi) is 2.64. The fourth-order valence-corrected chi connectivity index (χ4v) is 2.11. The molecule has 0 spiro atoms. The third-order valence-corrected chi connectivity index (χ3v) is 3.24. The molecule has 0 atom stereocenters. The molecule has 2 N–H and O–H groups in total. The summed E-state index contributed by atoms with van der Waals surface area (Å²) >= 11 is 5.68. The van der Waals surface area contributed by atoms with Crippen molar-refractivity contribution in [2.45, 2.75) is 6.92 Å². The van der Waals surface area contributed by atoms with Crippen molar-refractivity contribution < 1.29 is 4.39 Å². The molecule has 0 saturated carbocycles. The van der Waals surface area contributed by atoms with Crippen molar-refractivity contribution in [1.82, 2.24) is 14.5 Å². The minimum Gasteiger partial charge on any atom is -0.369 e. The van der Waals surface area contributed by atoms with Crippen molar-refractivity contribution in [2.75, 3.05) is 5.73 Å². The van der Waals surface area contributed by atoms with E-state index in [4.69, 9.17) is 17.3 Å². The van der Waals surface area contributed by atoms with Crippen LogP contribution in [-0.4, -0.2) is 14.5 Å². The van der Waals surface area contributed by atoms with Crippen LogP contribution in [0.2, 0.25) is 5.02 Å². The average Bonchev–Trinajstić information content (AvgIpc) is 2.71. The maximum Gasteiger partial charge on any atom is 0.207 e. The molecule has 3 rings (SSSR count). The summed E-state index contributed by atoms with van der Waals surface area (Å²) in [5.41, 5.74) is 8.70. The number of nitrogen functional groups attached to an aromatic ring is 1. The quantitative estimate of drug-likeness (QED) is 0.743. The number of anilines is 1. The molecule has 2 aromatic heterocycles. The van der Waals surface area contributed by atoms with Crippen molar-refractivity contribution >= 4 is 28.7 Å². The smallest absolute Gasteiger partial charge is 0.207 e. The zero-order chi connectivity index (χ0) is 13.6. The Balaban J connectivity index is 2.33. The van der Waals surface area contributed by atoms with Gasteiger partial charge in [-0.15, -0.1) is 0 Å². The van der Waals surface area contributed by atoms with Gasteiger partial charge in [0, 0.05) is 6.20 Å². The molecule has 6 heteroatoms. The highest BCUT2D eigenvalue weighted by atomic mass is 35.5. The maximum atomic E-state index is 13.6. The third kappa shape index (κ3) is 1.82. The van der Waals surface area contributed by atoms with Gasteiger partial charge in [0.05, 0.1) is 10.7 Å². The summed E-state index contributed by atoms with van der Waals surface area (Å²) in [6.07, 6.45) is 1.67. The summed E-state index contributed by atoms with van der Waals surface area (Å²) in [7, 11) is 0. The lowest BCUT2D eigenvalue weighted by Gasteiger charge is -2.06. The zero-order valence-corrected chi connectivity index (χ0v) is 10.8. The first kappa shape index (κ1) is 11.9. The first-order valence-corrected chi connectivity index (χ1v) is 6.00. The van der Waals surface area contributed by atoms with Crippen LogP contribution in [-0.2, 0) is 0 Å². The second-order valence-corrected chi connectivity index (χ2v) is 4.61. The number of aromatic nitrogens is 3. The van der Waals surface area contributed by atoms with Gasteiger partial charge >= 0.3 is 0 Å². The van der Waals surface area contributed by atoms with Crippen LogP contribution in [0.25, 0.3) is 16.9 Å². The average molecular weight is 277 g/mol. The van der Waals surface area contributed by atoms with Gasteiger partial charge in [0.25, 0.3) is 0 Å². The number of nitrogens with zero attached hydrogens (tertiary/aromatic N) is 3. The van der Waals surface area contributed by atoms with E-state index in [1.807, 2.05) is 13.0 Å². The normalized spacial score (nSPS) is 11.1. The van der Waals surface area contributed by atoms with Crippen LogP contribution in [0.4, 0.5) is 10.3 Å². The van der Waals surface area contributed by atoms with Crippen LogP contribution in [0.15, 0.2) is 30.5 Å². The molecular weight excluding hydrogens is 267 g/mol. The fraction of sp³-hybridized carbons (Fsp3) is 0.0769. The summed E-state index contributed by atoms with van der Waals surface area (Å²) < 4.78 is 15.2. The predicted molar refractivity (Wildman–Crippen MR) is 73.0 cm³/mol. The first-order valence-electron chi connectivity index (χ1n) is 5.63. The Morgan fingerprint density at radius 3 is 2.84 bits per heavy atom. The molecular formula is C13H10ClFN4. The number of hydrogen-bond acceptors (Lipinski definition) is 3. The second-order valence-electron chi connectivity index (χ2n) is 4.20. The monoisotopic (exact) mass is 276 g/mol. The maximum absolute atomic E-state index is 13.6. The lowest BCUT2D eigenvalue weighted by molar-refractivity contribution is 0.627. The molecule has 4 nitrogen and oxygen atoms in total. The Bertz CT molecular complexity index is 782. The molecule has 1 aromatic carbocycles. The van der Waals surface area contributed by atoms with E-state index in [-0.39, 0.29) is 11.0 Å². The molecule has 2 heterocycles. The van der Waals surface area contributed by atoms with E-state index >= 15 is 0 Å². The molecule has 19 heavy (non-hydrogen) atoms. The highest BCUT2D eigenvalue weighted by molar-refractivity contribution is 6.30. The number of pyridine rings is 1. The minimum atomic E-state index is -0.506. The van der Waals surface area contributed by atoms with Gasteiger partial charge < -0.3 is 5.73 Å². The zero-order valence-electron chi connectivity index (χ0n) is 10.1. The van der Waals surface area contributed by atoms with Crippen LogP contribution in [0.3, 0.4) is 0 Å². The van der Waals surface area contributed by atoms with E-state index in [0.29, 0.717) is 16.9 Å². The van der Waals surface area contributed by atoms with E-state index in [9.17, 15) is 4.39 Å². The van der Waals surface area contributed by atoms with Crippen molar-refractivity contribution in [1.29, 1.82) is 0 Å². The lowest BCUT2D eigenvalue weighted by atomic mass is 10.2. The van der Waals surface area contributed by atoms with Crippen molar-refractivity contribution in [3.05, 3.63) is 46.9 Å². The van der Waals surface area contributed by atoms with Crippen LogP contribution in [0, 0.1) is 12.7 Å². The van der Waals surface area contributed by atoms with Crippen molar-refractivity contribution in [3.63, 3.8) is 0 Å². The van der Waals surface area contributed by atoms with E-state index in [1.54, 1.807) is 16.8 Å². The van der Waals surface area contributed by atoms with E-state index in [1.165, 1.54) is 12.1 Å². The number of benzene rings is 1. The number of rotatable bonds is 1. The molecule has 0 amide bonds. The van der Waals surface area contributed by atoms with Gasteiger partial charge in [-0.2, -0.15) is 0 Å². The molecule has 0 bridgehead atoms. The molecule has 0 aliphatic heterocycles. The van der Waals surface area contributed by atoms with Crippen molar-refractivity contribution in [3.8, 4) is 5.69 Å². The third-order valence-electron chi connectivity index (χ3n) is 2.94. The van der Waals surface area contributed by atoms with Gasteiger partial charge in [0.1, 0.15) is 11.3 Å². The highest BCUT2D eigenvalue weighted by Crippen LogP contribution is 2.25. The van der Waals surface area contributed by atoms with Crippen LogP contribution in [0.5, 0.6) is 0 Å². The Morgan fingerprint density at radius 2 is 2.11 bits per heavy atom. The van der Waals surface area contributed by atoms with E-state index in [0.717, 1.165) is 5.56 Å². The molecule has 0 aliphatic carbocycles. The molecule has 3 aromatic rings. The largest absolute Gasteiger partial charge is 0.369 e. The molecule has 0 saturated heterocycles. The molecule has 0 unspecified atom stereocenters. The highest BCUT2D eigenvalue weighted by Gasteiger charge is 2.13. The number of aryl methyl sites for hydroxylation is 1. The van der Waals surface area contributed by atoms with Crippen LogP contribution in [0.1, 0.15) is 5.56 Å². The summed E-state index contributed by atoms with van der Waals surface area (Å²) in [5, 5.41) is 0.0656. The van der Waals surface area contributed by atoms with Crippen LogP contribution >= 0.6 is 11.6 Å². The second kappa shape index (κ2) is 4.20. The number of halogens is 2. The summed E-state index contributed by atoms with van der Waals surface area (Å²) in [6.45, 7) is 1.92. The van der Waals surface area contributed by atoms with E-state index < -0.39 is 5.82 Å². The Morgan fingerprint density at radius 1 is 1.32 bits per heavy atom.